The van der Waals surface area contributed by atoms with Gasteiger partial charge in [-0.1, -0.05) is 26.3 Å². The van der Waals surface area contributed by atoms with E-state index in [4.69, 9.17) is 4.74 Å². The van der Waals surface area contributed by atoms with Gasteiger partial charge in [0.25, 0.3) is 0 Å². The highest BCUT2D eigenvalue weighted by molar-refractivity contribution is 9.10. The molecule has 1 aromatic carbocycles. The molecule has 156 valence electrons. The van der Waals surface area contributed by atoms with Crippen molar-refractivity contribution < 1.29 is 14.3 Å². The molecule has 0 saturated carbocycles. The molecule has 0 spiro atoms. The summed E-state index contributed by atoms with van der Waals surface area (Å²) >= 11 is 3.73. The van der Waals surface area contributed by atoms with Gasteiger partial charge in [0.2, 0.25) is 5.91 Å². The first kappa shape index (κ1) is 21.6. The number of hydrogen-bond acceptors (Lipinski definition) is 4. The molecule has 8 heteroatoms. The van der Waals surface area contributed by atoms with Crippen molar-refractivity contribution in [3.8, 4) is 0 Å². The number of amides is 2. The lowest BCUT2D eigenvalue weighted by atomic mass is 9.91. The molecule has 1 saturated heterocycles. The van der Waals surface area contributed by atoms with Crippen LogP contribution in [0.5, 0.6) is 0 Å². The van der Waals surface area contributed by atoms with E-state index in [1.807, 2.05) is 10.6 Å². The SMILES string of the molecule is CCCC(CC)c1c(Br)n(CC(=O)N2CCOCC2)c2cc(C(=O)N=O)ccc12. The van der Waals surface area contributed by atoms with E-state index >= 15 is 0 Å². The van der Waals surface area contributed by atoms with Crippen molar-refractivity contribution in [2.24, 2.45) is 5.18 Å². The predicted molar refractivity (Wildman–Crippen MR) is 115 cm³/mol. The summed E-state index contributed by atoms with van der Waals surface area (Å²) < 4.78 is 8.10. The van der Waals surface area contributed by atoms with E-state index in [0.717, 1.165) is 40.3 Å². The van der Waals surface area contributed by atoms with Crippen molar-refractivity contribution in [1.29, 1.82) is 0 Å². The quantitative estimate of drug-likeness (QED) is 0.567. The van der Waals surface area contributed by atoms with Crippen LogP contribution in [0.15, 0.2) is 28.0 Å². The van der Waals surface area contributed by atoms with E-state index < -0.39 is 5.91 Å². The second kappa shape index (κ2) is 9.63. The number of nitroso groups, excluding NO2 is 1. The van der Waals surface area contributed by atoms with E-state index in [0.29, 0.717) is 32.2 Å². The molecule has 0 aliphatic carbocycles. The normalized spacial score (nSPS) is 15.5. The molecule has 3 rings (SSSR count). The third kappa shape index (κ3) is 4.43. The second-order valence-corrected chi connectivity index (χ2v) is 8.06. The van der Waals surface area contributed by atoms with Crippen LogP contribution in [0.1, 0.15) is 54.9 Å². The minimum absolute atomic E-state index is 0.00577. The van der Waals surface area contributed by atoms with Gasteiger partial charge in [-0.15, -0.1) is 4.91 Å². The van der Waals surface area contributed by atoms with Gasteiger partial charge in [0.1, 0.15) is 6.54 Å². The van der Waals surface area contributed by atoms with Gasteiger partial charge in [0.05, 0.1) is 23.3 Å². The molecule has 7 nitrogen and oxygen atoms in total. The first-order valence-corrected chi connectivity index (χ1v) is 10.9. The van der Waals surface area contributed by atoms with Gasteiger partial charge in [-0.2, -0.15) is 0 Å². The lowest BCUT2D eigenvalue weighted by Crippen LogP contribution is -2.42. The number of rotatable bonds is 7. The maximum Gasteiger partial charge on any atom is 0.316 e. The average Bonchev–Trinajstić information content (AvgIpc) is 3.02. The number of carbonyl (C=O) groups excluding carboxylic acids is 2. The van der Waals surface area contributed by atoms with Crippen molar-refractivity contribution in [2.45, 2.75) is 45.6 Å². The Morgan fingerprint density at radius 3 is 2.59 bits per heavy atom. The fourth-order valence-corrected chi connectivity index (χ4v) is 4.88. The summed E-state index contributed by atoms with van der Waals surface area (Å²) in [6.07, 6.45) is 3.05. The first-order valence-electron chi connectivity index (χ1n) is 10.1. The Hall–Kier alpha value is -2.06. The van der Waals surface area contributed by atoms with Crippen molar-refractivity contribution in [3.63, 3.8) is 0 Å². The number of morpholine rings is 1. The van der Waals surface area contributed by atoms with Gasteiger partial charge >= 0.3 is 5.91 Å². The minimum atomic E-state index is -0.808. The number of ether oxygens (including phenoxy) is 1. The molecule has 1 atom stereocenters. The zero-order valence-corrected chi connectivity index (χ0v) is 18.4. The van der Waals surface area contributed by atoms with Gasteiger partial charge in [0.15, 0.2) is 0 Å². The Bertz CT molecular complexity index is 918. The van der Waals surface area contributed by atoms with Crippen LogP contribution in [0.4, 0.5) is 0 Å². The van der Waals surface area contributed by atoms with E-state index in [2.05, 4.69) is 35.0 Å². The Morgan fingerprint density at radius 2 is 1.97 bits per heavy atom. The summed E-state index contributed by atoms with van der Waals surface area (Å²) in [7, 11) is 0. The molecular weight excluding hydrogens is 438 g/mol. The molecule has 1 aliphatic rings. The number of fused-ring (bicyclic) bond motifs is 1. The van der Waals surface area contributed by atoms with Crippen LogP contribution in [0, 0.1) is 4.91 Å². The van der Waals surface area contributed by atoms with E-state index in [-0.39, 0.29) is 18.0 Å². The van der Waals surface area contributed by atoms with Crippen LogP contribution < -0.4 is 0 Å². The summed E-state index contributed by atoms with van der Waals surface area (Å²) in [5, 5.41) is 3.54. The maximum absolute atomic E-state index is 12.9. The molecular formula is C21H26BrN3O4. The van der Waals surface area contributed by atoms with Crippen LogP contribution in [0.25, 0.3) is 10.9 Å². The number of halogens is 1. The van der Waals surface area contributed by atoms with Crippen molar-refractivity contribution in [3.05, 3.63) is 38.8 Å². The van der Waals surface area contributed by atoms with Gasteiger partial charge in [0, 0.05) is 29.2 Å². The van der Waals surface area contributed by atoms with Gasteiger partial charge < -0.3 is 14.2 Å². The van der Waals surface area contributed by atoms with Crippen molar-refractivity contribution in [1.82, 2.24) is 9.47 Å². The summed E-state index contributed by atoms with van der Waals surface area (Å²) in [6.45, 7) is 6.72. The molecule has 1 aromatic heterocycles. The van der Waals surface area contributed by atoms with Gasteiger partial charge in [-0.05, 0) is 52.4 Å². The lowest BCUT2D eigenvalue weighted by Gasteiger charge is -2.27. The molecule has 2 amide bonds. The largest absolute Gasteiger partial charge is 0.378 e. The van der Waals surface area contributed by atoms with Crippen LogP contribution >= 0.6 is 15.9 Å². The number of benzene rings is 1. The smallest absolute Gasteiger partial charge is 0.316 e. The Labute approximate surface area is 178 Å². The number of aromatic nitrogens is 1. The maximum atomic E-state index is 12.9. The van der Waals surface area contributed by atoms with Crippen molar-refractivity contribution >= 4 is 38.6 Å². The standard InChI is InChI=1S/C21H26BrN3O4/c1-3-5-14(4-2)19-16-7-6-15(21(27)23-28)12-17(16)25(20(19)22)13-18(26)24-8-10-29-11-9-24/h6-7,12,14H,3-5,8-11,13H2,1-2H3. The summed E-state index contributed by atoms with van der Waals surface area (Å²) in [4.78, 5) is 37.3. The molecule has 0 radical (unpaired) electrons. The molecule has 1 aliphatic heterocycles. The average molecular weight is 464 g/mol. The fraction of sp³-hybridized carbons (Fsp3) is 0.524. The second-order valence-electron chi connectivity index (χ2n) is 7.31. The first-order chi connectivity index (χ1) is 14.0. The van der Waals surface area contributed by atoms with Gasteiger partial charge in [-0.25, -0.2) is 0 Å². The number of carbonyl (C=O) groups is 2. The van der Waals surface area contributed by atoms with E-state index in [9.17, 15) is 14.5 Å². The lowest BCUT2D eigenvalue weighted by molar-refractivity contribution is -0.135. The Morgan fingerprint density at radius 1 is 1.24 bits per heavy atom. The molecule has 2 heterocycles. The molecule has 1 fully saturated rings. The highest BCUT2D eigenvalue weighted by Crippen LogP contribution is 2.39. The summed E-state index contributed by atoms with van der Waals surface area (Å²) in [5.74, 6) is -0.467. The molecule has 0 bridgehead atoms. The topological polar surface area (TPSA) is 81.0 Å². The van der Waals surface area contributed by atoms with Crippen LogP contribution in [-0.2, 0) is 16.1 Å². The molecule has 0 N–H and O–H groups in total. The van der Waals surface area contributed by atoms with Crippen molar-refractivity contribution in [2.75, 3.05) is 26.3 Å². The van der Waals surface area contributed by atoms with E-state index in [1.165, 1.54) is 0 Å². The van der Waals surface area contributed by atoms with Gasteiger partial charge in [-0.3, -0.25) is 9.59 Å². The summed E-state index contributed by atoms with van der Waals surface area (Å²) in [6, 6.07) is 5.16. The monoisotopic (exact) mass is 463 g/mol. The third-order valence-corrected chi connectivity index (χ3v) is 6.42. The molecule has 1 unspecified atom stereocenters. The molecule has 29 heavy (non-hydrogen) atoms. The highest BCUT2D eigenvalue weighted by atomic mass is 79.9. The van der Waals surface area contributed by atoms with E-state index in [1.54, 1.807) is 17.0 Å². The third-order valence-electron chi connectivity index (χ3n) is 5.56. The summed E-state index contributed by atoms with van der Waals surface area (Å²) in [5.41, 5.74) is 2.14. The Balaban J connectivity index is 2.09. The minimum Gasteiger partial charge on any atom is -0.378 e. The predicted octanol–water partition coefficient (Wildman–Crippen LogP) is 4.46. The highest BCUT2D eigenvalue weighted by Gasteiger charge is 2.25. The van der Waals surface area contributed by atoms with Crippen LogP contribution in [0.3, 0.4) is 0 Å². The zero-order chi connectivity index (χ0) is 21.0. The Kier molecular flexibility index (Phi) is 7.18. The van der Waals surface area contributed by atoms with Crippen LogP contribution in [-0.4, -0.2) is 47.6 Å². The fourth-order valence-electron chi connectivity index (χ4n) is 4.02. The van der Waals surface area contributed by atoms with Crippen LogP contribution in [0.2, 0.25) is 0 Å². The zero-order valence-electron chi connectivity index (χ0n) is 16.8. The molecule has 2 aromatic rings. The number of hydrogen-bond donors (Lipinski definition) is 0. The number of nitrogens with zero attached hydrogens (tertiary/aromatic N) is 3.